The van der Waals surface area contributed by atoms with Crippen LogP contribution in [-0.2, 0) is 17.8 Å². The normalized spacial score (nSPS) is 19.1. The zero-order valence-electron chi connectivity index (χ0n) is 18.8. The number of hydrogen-bond donors (Lipinski definition) is 1. The standard InChI is InChI=1S/C25H34N4O2/c1-18(2)16-26-24(30)20-12-9-14-28(17-20)25(31)22-21-13-7-4-8-15-29(21)23(27-22)19-10-5-3-6-11-19/h3,5-6,10-11,18,20H,4,7-9,12-17H2,1-2H3,(H,26,30)/t20-/m0/s1. The van der Waals surface area contributed by atoms with Crippen LogP contribution in [0.5, 0.6) is 0 Å². The van der Waals surface area contributed by atoms with E-state index in [1.807, 2.05) is 23.1 Å². The lowest BCUT2D eigenvalue weighted by Crippen LogP contribution is -2.46. The Kier molecular flexibility index (Phi) is 6.73. The molecule has 1 saturated heterocycles. The number of likely N-dealkylation sites (tertiary alicyclic amines) is 1. The Balaban J connectivity index is 1.58. The van der Waals surface area contributed by atoms with E-state index in [0.717, 1.165) is 55.7 Å². The van der Waals surface area contributed by atoms with Crippen molar-refractivity contribution in [2.45, 2.75) is 58.9 Å². The van der Waals surface area contributed by atoms with E-state index in [9.17, 15) is 9.59 Å². The van der Waals surface area contributed by atoms with E-state index in [1.54, 1.807) is 0 Å². The Hall–Kier alpha value is -2.63. The predicted molar refractivity (Wildman–Crippen MR) is 122 cm³/mol. The minimum Gasteiger partial charge on any atom is -0.356 e. The maximum absolute atomic E-state index is 13.6. The van der Waals surface area contributed by atoms with Gasteiger partial charge in [-0.1, -0.05) is 50.6 Å². The van der Waals surface area contributed by atoms with E-state index in [1.165, 1.54) is 6.42 Å². The first-order valence-electron chi connectivity index (χ1n) is 11.8. The van der Waals surface area contributed by atoms with E-state index >= 15 is 0 Å². The molecule has 2 aliphatic heterocycles. The zero-order valence-corrected chi connectivity index (χ0v) is 18.8. The van der Waals surface area contributed by atoms with Gasteiger partial charge in [-0.3, -0.25) is 9.59 Å². The third-order valence-electron chi connectivity index (χ3n) is 6.37. The van der Waals surface area contributed by atoms with Crippen LogP contribution in [0.2, 0.25) is 0 Å². The first kappa shape index (κ1) is 21.6. The molecule has 6 nitrogen and oxygen atoms in total. The highest BCUT2D eigenvalue weighted by Crippen LogP contribution is 2.29. The molecule has 0 bridgehead atoms. The van der Waals surface area contributed by atoms with Crippen molar-refractivity contribution in [3.05, 3.63) is 41.7 Å². The summed E-state index contributed by atoms with van der Waals surface area (Å²) < 4.78 is 2.26. The van der Waals surface area contributed by atoms with Crippen LogP contribution in [0.3, 0.4) is 0 Å². The number of nitrogens with one attached hydrogen (secondary N) is 1. The summed E-state index contributed by atoms with van der Waals surface area (Å²) in [5.74, 6) is 1.23. The van der Waals surface area contributed by atoms with Gasteiger partial charge in [0, 0.05) is 31.7 Å². The van der Waals surface area contributed by atoms with Gasteiger partial charge in [-0.05, 0) is 38.0 Å². The third kappa shape index (κ3) is 4.83. The van der Waals surface area contributed by atoms with Gasteiger partial charge in [0.05, 0.1) is 11.6 Å². The van der Waals surface area contributed by atoms with Crippen molar-refractivity contribution < 1.29 is 9.59 Å². The van der Waals surface area contributed by atoms with E-state index in [0.29, 0.717) is 31.2 Å². The van der Waals surface area contributed by atoms with Crippen LogP contribution < -0.4 is 5.32 Å². The molecule has 1 fully saturated rings. The van der Waals surface area contributed by atoms with Crippen molar-refractivity contribution in [1.29, 1.82) is 0 Å². The molecule has 0 saturated carbocycles. The minimum absolute atomic E-state index is 0.0193. The Labute approximate surface area is 185 Å². The number of nitrogens with zero attached hydrogens (tertiary/aromatic N) is 3. The molecule has 1 aromatic heterocycles. The topological polar surface area (TPSA) is 67.2 Å². The average Bonchev–Trinajstić information content (AvgIpc) is 2.98. The number of carbonyl (C=O) groups excluding carboxylic acids is 2. The van der Waals surface area contributed by atoms with Gasteiger partial charge in [0.25, 0.3) is 5.91 Å². The molecule has 1 atom stereocenters. The summed E-state index contributed by atoms with van der Waals surface area (Å²) in [6.45, 7) is 6.94. The number of carbonyl (C=O) groups is 2. The van der Waals surface area contributed by atoms with Gasteiger partial charge in [-0.15, -0.1) is 0 Å². The lowest BCUT2D eigenvalue weighted by atomic mass is 9.96. The van der Waals surface area contributed by atoms with Gasteiger partial charge >= 0.3 is 0 Å². The maximum Gasteiger partial charge on any atom is 0.274 e. The SMILES string of the molecule is CC(C)CNC(=O)[C@H]1CCCN(C(=O)c2nc(-c3ccccc3)n3c2CCCCC3)C1. The monoisotopic (exact) mass is 422 g/mol. The summed E-state index contributed by atoms with van der Waals surface area (Å²) in [7, 11) is 0. The number of benzene rings is 1. The summed E-state index contributed by atoms with van der Waals surface area (Å²) in [5, 5.41) is 3.04. The summed E-state index contributed by atoms with van der Waals surface area (Å²) >= 11 is 0. The second-order valence-electron chi connectivity index (χ2n) is 9.29. The fourth-order valence-electron chi connectivity index (χ4n) is 4.67. The number of amides is 2. The van der Waals surface area contributed by atoms with E-state index < -0.39 is 0 Å². The summed E-state index contributed by atoms with van der Waals surface area (Å²) in [6, 6.07) is 10.1. The van der Waals surface area contributed by atoms with Gasteiger partial charge in [0.2, 0.25) is 5.91 Å². The van der Waals surface area contributed by atoms with Crippen LogP contribution in [0.4, 0.5) is 0 Å². The van der Waals surface area contributed by atoms with Gasteiger partial charge in [-0.2, -0.15) is 0 Å². The number of hydrogen-bond acceptors (Lipinski definition) is 3. The van der Waals surface area contributed by atoms with E-state index in [2.05, 4.69) is 35.9 Å². The quantitative estimate of drug-likeness (QED) is 0.795. The van der Waals surface area contributed by atoms with Crippen LogP contribution in [0.25, 0.3) is 11.4 Å². The Morgan fingerprint density at radius 3 is 2.68 bits per heavy atom. The molecule has 2 aromatic rings. The highest BCUT2D eigenvalue weighted by molar-refractivity contribution is 5.95. The zero-order chi connectivity index (χ0) is 21.8. The minimum atomic E-state index is -0.133. The Morgan fingerprint density at radius 1 is 1.10 bits per heavy atom. The molecular formula is C25H34N4O2. The van der Waals surface area contributed by atoms with Gasteiger partial charge in [0.1, 0.15) is 11.5 Å². The van der Waals surface area contributed by atoms with Crippen LogP contribution in [0.15, 0.2) is 30.3 Å². The molecule has 1 N–H and O–H groups in total. The second kappa shape index (κ2) is 9.67. The van der Waals surface area contributed by atoms with Gasteiger partial charge in [-0.25, -0.2) is 4.98 Å². The Bertz CT molecular complexity index is 919. The highest BCUT2D eigenvalue weighted by Gasteiger charge is 2.32. The molecule has 0 spiro atoms. The lowest BCUT2D eigenvalue weighted by molar-refractivity contribution is -0.126. The van der Waals surface area contributed by atoms with Crippen LogP contribution >= 0.6 is 0 Å². The molecule has 4 rings (SSSR count). The van der Waals surface area contributed by atoms with Crippen molar-refractivity contribution in [3.63, 3.8) is 0 Å². The molecule has 0 radical (unpaired) electrons. The summed E-state index contributed by atoms with van der Waals surface area (Å²) in [5.41, 5.74) is 2.70. The molecule has 0 aliphatic carbocycles. The molecule has 1 aromatic carbocycles. The smallest absolute Gasteiger partial charge is 0.274 e. The summed E-state index contributed by atoms with van der Waals surface area (Å²) in [6.07, 6.45) is 5.94. The lowest BCUT2D eigenvalue weighted by Gasteiger charge is -2.32. The van der Waals surface area contributed by atoms with Crippen molar-refractivity contribution in [2.24, 2.45) is 11.8 Å². The molecule has 166 valence electrons. The molecule has 0 unspecified atom stereocenters. The van der Waals surface area contributed by atoms with Crippen LogP contribution in [0.1, 0.15) is 62.1 Å². The fourth-order valence-corrected chi connectivity index (χ4v) is 4.67. The van der Waals surface area contributed by atoms with Crippen molar-refractivity contribution in [2.75, 3.05) is 19.6 Å². The number of aromatic nitrogens is 2. The van der Waals surface area contributed by atoms with Gasteiger partial charge < -0.3 is 14.8 Å². The third-order valence-corrected chi connectivity index (χ3v) is 6.37. The molecule has 2 amide bonds. The largest absolute Gasteiger partial charge is 0.356 e. The van der Waals surface area contributed by atoms with Crippen molar-refractivity contribution in [1.82, 2.24) is 19.8 Å². The van der Waals surface area contributed by atoms with Gasteiger partial charge in [0.15, 0.2) is 0 Å². The molecule has 2 aliphatic rings. The highest BCUT2D eigenvalue weighted by atomic mass is 16.2. The number of imidazole rings is 1. The molecular weight excluding hydrogens is 388 g/mol. The predicted octanol–water partition coefficient (Wildman–Crippen LogP) is 3.90. The van der Waals surface area contributed by atoms with Crippen LogP contribution in [-0.4, -0.2) is 45.9 Å². The van der Waals surface area contributed by atoms with Crippen molar-refractivity contribution in [3.8, 4) is 11.4 Å². The number of rotatable bonds is 5. The summed E-state index contributed by atoms with van der Waals surface area (Å²) in [4.78, 5) is 32.9. The van der Waals surface area contributed by atoms with Crippen molar-refractivity contribution >= 4 is 11.8 Å². The maximum atomic E-state index is 13.6. The average molecular weight is 423 g/mol. The molecule has 31 heavy (non-hydrogen) atoms. The first-order chi connectivity index (χ1) is 15.0. The second-order valence-corrected chi connectivity index (χ2v) is 9.29. The Morgan fingerprint density at radius 2 is 1.90 bits per heavy atom. The molecule has 3 heterocycles. The van der Waals surface area contributed by atoms with E-state index in [4.69, 9.17) is 4.98 Å². The first-order valence-corrected chi connectivity index (χ1v) is 11.8. The fraction of sp³-hybridized carbons (Fsp3) is 0.560. The molecule has 6 heteroatoms. The number of piperidine rings is 1. The number of fused-ring (bicyclic) bond motifs is 1. The van der Waals surface area contributed by atoms with Crippen LogP contribution in [0, 0.1) is 11.8 Å². The van der Waals surface area contributed by atoms with E-state index in [-0.39, 0.29) is 17.7 Å².